The summed E-state index contributed by atoms with van der Waals surface area (Å²) in [7, 11) is 0. The highest BCUT2D eigenvalue weighted by atomic mass is 16.4. The van der Waals surface area contributed by atoms with Gasteiger partial charge in [0, 0.05) is 0 Å². The molecule has 92 valence electrons. The fourth-order valence-electron chi connectivity index (χ4n) is 2.96. The molecule has 1 aliphatic carbocycles. The van der Waals surface area contributed by atoms with E-state index in [1.807, 2.05) is 18.2 Å². The van der Waals surface area contributed by atoms with E-state index in [2.05, 4.69) is 12.1 Å². The Balaban J connectivity index is 1.87. The van der Waals surface area contributed by atoms with Gasteiger partial charge in [0.1, 0.15) is 0 Å². The van der Waals surface area contributed by atoms with Crippen LogP contribution < -0.4 is 5.73 Å². The molecular formula is C14H19NO2. The molecule has 0 bridgehead atoms. The lowest BCUT2D eigenvalue weighted by molar-refractivity contribution is -0.142. The molecule has 17 heavy (non-hydrogen) atoms. The number of rotatable bonds is 5. The van der Waals surface area contributed by atoms with Gasteiger partial charge in [-0.25, -0.2) is 0 Å². The Morgan fingerprint density at radius 2 is 2.00 bits per heavy atom. The van der Waals surface area contributed by atoms with Gasteiger partial charge < -0.3 is 10.8 Å². The molecule has 0 aromatic heterocycles. The van der Waals surface area contributed by atoms with Crippen molar-refractivity contribution < 1.29 is 9.90 Å². The third kappa shape index (κ3) is 2.86. The van der Waals surface area contributed by atoms with Crippen LogP contribution in [0.1, 0.15) is 24.8 Å². The highest BCUT2D eigenvalue weighted by Gasteiger charge is 2.44. The molecule has 3 heteroatoms. The van der Waals surface area contributed by atoms with Gasteiger partial charge in [-0.2, -0.15) is 0 Å². The number of aliphatic carboxylic acids is 1. The van der Waals surface area contributed by atoms with Gasteiger partial charge in [0.05, 0.1) is 6.42 Å². The lowest BCUT2D eigenvalue weighted by Gasteiger charge is -2.46. The van der Waals surface area contributed by atoms with Gasteiger partial charge >= 0.3 is 5.97 Å². The van der Waals surface area contributed by atoms with Crippen LogP contribution in [0.3, 0.4) is 0 Å². The summed E-state index contributed by atoms with van der Waals surface area (Å²) in [5.41, 5.74) is 6.91. The largest absolute Gasteiger partial charge is 0.481 e. The van der Waals surface area contributed by atoms with E-state index in [1.165, 1.54) is 5.56 Å². The molecule has 0 unspecified atom stereocenters. The normalized spacial score (nSPS) is 27.5. The van der Waals surface area contributed by atoms with E-state index in [1.54, 1.807) is 0 Å². The molecule has 0 heterocycles. The number of hydrogen-bond acceptors (Lipinski definition) is 2. The Labute approximate surface area is 102 Å². The zero-order valence-corrected chi connectivity index (χ0v) is 9.93. The molecule has 1 aliphatic rings. The summed E-state index contributed by atoms with van der Waals surface area (Å²) in [5.74, 6) is -0.131. The highest BCUT2D eigenvalue weighted by Crippen LogP contribution is 2.48. The van der Waals surface area contributed by atoms with Gasteiger partial charge in [-0.3, -0.25) is 4.79 Å². The van der Waals surface area contributed by atoms with Crippen molar-refractivity contribution in [1.29, 1.82) is 0 Å². The van der Waals surface area contributed by atoms with Crippen molar-refractivity contribution in [2.75, 3.05) is 6.54 Å². The molecule has 3 N–H and O–H groups in total. The fourth-order valence-corrected chi connectivity index (χ4v) is 2.96. The first-order chi connectivity index (χ1) is 8.13. The average molecular weight is 233 g/mol. The minimum absolute atomic E-state index is 0.134. The van der Waals surface area contributed by atoms with Crippen molar-refractivity contribution in [3.8, 4) is 0 Å². The molecule has 0 amide bonds. The topological polar surface area (TPSA) is 63.3 Å². The van der Waals surface area contributed by atoms with Crippen LogP contribution in [0.5, 0.6) is 0 Å². The number of benzene rings is 1. The van der Waals surface area contributed by atoms with Crippen LogP contribution in [0, 0.1) is 11.3 Å². The van der Waals surface area contributed by atoms with E-state index in [9.17, 15) is 4.79 Å². The van der Waals surface area contributed by atoms with Gasteiger partial charge in [-0.05, 0) is 42.7 Å². The Morgan fingerprint density at radius 3 is 2.53 bits per heavy atom. The second-order valence-corrected chi connectivity index (χ2v) is 5.24. The standard InChI is InChI=1S/C14H19NO2/c15-10-14(9-13(16)17)7-12(8-14)6-11-4-2-1-3-5-11/h1-5,12H,6-10,15H2,(H,16,17)/t12-,14+. The van der Waals surface area contributed by atoms with Crippen LogP contribution in [0.2, 0.25) is 0 Å². The van der Waals surface area contributed by atoms with Crippen LogP contribution in [-0.2, 0) is 11.2 Å². The molecule has 1 fully saturated rings. The highest BCUT2D eigenvalue weighted by molar-refractivity contribution is 5.68. The molecule has 1 aromatic carbocycles. The maximum Gasteiger partial charge on any atom is 0.303 e. The number of carboxylic acids is 1. The second-order valence-electron chi connectivity index (χ2n) is 5.24. The Hall–Kier alpha value is -1.35. The summed E-state index contributed by atoms with van der Waals surface area (Å²) < 4.78 is 0. The van der Waals surface area contributed by atoms with E-state index >= 15 is 0 Å². The van der Waals surface area contributed by atoms with Crippen LogP contribution >= 0.6 is 0 Å². The Kier molecular flexibility index (Phi) is 3.48. The maximum absolute atomic E-state index is 10.8. The summed E-state index contributed by atoms with van der Waals surface area (Å²) in [4.78, 5) is 10.8. The van der Waals surface area contributed by atoms with Crippen LogP contribution in [0.25, 0.3) is 0 Å². The molecule has 1 aromatic rings. The molecule has 0 atom stereocenters. The zero-order chi connectivity index (χ0) is 12.3. The van der Waals surface area contributed by atoms with Gasteiger partial charge in [0.2, 0.25) is 0 Å². The smallest absolute Gasteiger partial charge is 0.303 e. The van der Waals surface area contributed by atoms with Crippen LogP contribution in [0.4, 0.5) is 0 Å². The average Bonchev–Trinajstić information content (AvgIpc) is 2.26. The Bertz CT molecular complexity index is 382. The summed E-state index contributed by atoms with van der Waals surface area (Å²) >= 11 is 0. The fraction of sp³-hybridized carbons (Fsp3) is 0.500. The third-order valence-electron chi connectivity index (χ3n) is 3.77. The Morgan fingerprint density at radius 1 is 1.35 bits per heavy atom. The quantitative estimate of drug-likeness (QED) is 0.818. The van der Waals surface area contributed by atoms with Crippen molar-refractivity contribution in [2.45, 2.75) is 25.7 Å². The van der Waals surface area contributed by atoms with Crippen LogP contribution in [0.15, 0.2) is 30.3 Å². The lowest BCUT2D eigenvalue weighted by Crippen LogP contribution is -2.45. The maximum atomic E-state index is 10.8. The van der Waals surface area contributed by atoms with Gasteiger partial charge in [-0.15, -0.1) is 0 Å². The van der Waals surface area contributed by atoms with Crippen molar-refractivity contribution in [3.05, 3.63) is 35.9 Å². The van der Waals surface area contributed by atoms with Crippen LogP contribution in [-0.4, -0.2) is 17.6 Å². The number of hydrogen-bond donors (Lipinski definition) is 2. The summed E-state index contributed by atoms with van der Waals surface area (Å²) in [6.45, 7) is 0.491. The van der Waals surface area contributed by atoms with E-state index in [-0.39, 0.29) is 11.8 Å². The molecule has 3 nitrogen and oxygen atoms in total. The van der Waals surface area contributed by atoms with Gasteiger partial charge in [0.25, 0.3) is 0 Å². The number of carbonyl (C=O) groups is 1. The molecule has 0 spiro atoms. The monoisotopic (exact) mass is 233 g/mol. The SMILES string of the molecule is NC[C@]1(CC(=O)O)C[C@H](Cc2ccccc2)C1. The van der Waals surface area contributed by atoms with E-state index in [0.29, 0.717) is 12.5 Å². The number of nitrogens with two attached hydrogens (primary N) is 1. The first-order valence-electron chi connectivity index (χ1n) is 6.09. The first kappa shape index (κ1) is 12.1. The van der Waals surface area contributed by atoms with Gasteiger partial charge in [-0.1, -0.05) is 30.3 Å². The van der Waals surface area contributed by atoms with E-state index < -0.39 is 5.97 Å². The first-order valence-corrected chi connectivity index (χ1v) is 6.09. The summed E-state index contributed by atoms with van der Waals surface area (Å²) in [6.07, 6.45) is 3.16. The molecule has 1 saturated carbocycles. The summed E-state index contributed by atoms with van der Waals surface area (Å²) in [5, 5.41) is 8.87. The number of carboxylic acid groups (broad SMARTS) is 1. The second kappa shape index (κ2) is 4.88. The van der Waals surface area contributed by atoms with Crippen molar-refractivity contribution >= 4 is 5.97 Å². The molecule has 2 rings (SSSR count). The minimum atomic E-state index is -0.728. The molecule has 0 saturated heterocycles. The predicted molar refractivity (Wildman–Crippen MR) is 66.6 cm³/mol. The third-order valence-corrected chi connectivity index (χ3v) is 3.77. The predicted octanol–water partition coefficient (Wildman–Crippen LogP) is 2.06. The van der Waals surface area contributed by atoms with Crippen molar-refractivity contribution in [1.82, 2.24) is 0 Å². The van der Waals surface area contributed by atoms with E-state index in [0.717, 1.165) is 19.3 Å². The minimum Gasteiger partial charge on any atom is -0.481 e. The van der Waals surface area contributed by atoms with E-state index in [4.69, 9.17) is 10.8 Å². The molecule has 0 radical (unpaired) electrons. The van der Waals surface area contributed by atoms with Gasteiger partial charge in [0.15, 0.2) is 0 Å². The molecule has 0 aliphatic heterocycles. The molecular weight excluding hydrogens is 214 g/mol. The summed E-state index contributed by atoms with van der Waals surface area (Å²) in [6, 6.07) is 10.3. The van der Waals surface area contributed by atoms with Crippen molar-refractivity contribution in [3.63, 3.8) is 0 Å². The van der Waals surface area contributed by atoms with Crippen molar-refractivity contribution in [2.24, 2.45) is 17.1 Å². The lowest BCUT2D eigenvalue weighted by atomic mass is 9.59. The zero-order valence-electron chi connectivity index (χ0n) is 9.93.